The van der Waals surface area contributed by atoms with Gasteiger partial charge in [0.15, 0.2) is 0 Å². The Balaban J connectivity index is 1.88. The topological polar surface area (TPSA) is 104 Å². The van der Waals surface area contributed by atoms with Crippen LogP contribution in [0.4, 0.5) is 0 Å². The fraction of sp³-hybridized carbons (Fsp3) is 0.667. The van der Waals surface area contributed by atoms with Gasteiger partial charge in [-0.15, -0.1) is 0 Å². The van der Waals surface area contributed by atoms with Gasteiger partial charge in [0.2, 0.25) is 0 Å². The van der Waals surface area contributed by atoms with E-state index in [1.807, 2.05) is 20.8 Å². The highest BCUT2D eigenvalue weighted by Gasteiger charge is 2.28. The minimum absolute atomic E-state index is 0.207. The number of nitrogens with zero attached hydrogens (tertiary/aromatic N) is 1. The van der Waals surface area contributed by atoms with Crippen molar-refractivity contribution in [2.24, 2.45) is 0 Å². The first-order valence-electron chi connectivity index (χ1n) is 7.49. The standard InChI is InChI=1S/C15H23N3O4/c1-15(2,3)22-7-6-10(14(20)21)16-13(19)12-8-11(17-18-12)9-4-5-9/h8-10H,4-7H2,1-3H3,(H,16,19)(H,17,18)(H,20,21). The zero-order chi connectivity index (χ0) is 16.3. The molecule has 0 bridgehead atoms. The third kappa shape index (κ3) is 4.84. The van der Waals surface area contributed by atoms with Gasteiger partial charge in [-0.1, -0.05) is 0 Å². The number of carboxylic acid groups (broad SMARTS) is 1. The molecule has 1 aromatic rings. The summed E-state index contributed by atoms with van der Waals surface area (Å²) in [4.78, 5) is 23.3. The van der Waals surface area contributed by atoms with E-state index in [9.17, 15) is 14.7 Å². The lowest BCUT2D eigenvalue weighted by Gasteiger charge is -2.21. The van der Waals surface area contributed by atoms with E-state index in [2.05, 4.69) is 15.5 Å². The molecule has 1 unspecified atom stereocenters. The number of carbonyl (C=O) groups is 2. The van der Waals surface area contributed by atoms with E-state index in [4.69, 9.17) is 4.74 Å². The normalized spacial score (nSPS) is 16.3. The van der Waals surface area contributed by atoms with Crippen LogP contribution in [0.25, 0.3) is 0 Å². The summed E-state index contributed by atoms with van der Waals surface area (Å²) in [6.45, 7) is 5.94. The molecule has 0 spiro atoms. The second kappa shape index (κ2) is 6.48. The van der Waals surface area contributed by atoms with Gasteiger partial charge in [-0.3, -0.25) is 9.89 Å². The van der Waals surface area contributed by atoms with E-state index in [-0.39, 0.29) is 24.3 Å². The average molecular weight is 309 g/mol. The van der Waals surface area contributed by atoms with Gasteiger partial charge in [0.05, 0.1) is 5.60 Å². The van der Waals surface area contributed by atoms with Crippen molar-refractivity contribution >= 4 is 11.9 Å². The Kier molecular flexibility index (Phi) is 4.85. The number of nitrogens with one attached hydrogen (secondary N) is 2. The van der Waals surface area contributed by atoms with Crippen LogP contribution in [0.5, 0.6) is 0 Å². The van der Waals surface area contributed by atoms with Gasteiger partial charge in [0.25, 0.3) is 5.91 Å². The molecule has 122 valence electrons. The average Bonchev–Trinajstić information content (AvgIpc) is 3.13. The van der Waals surface area contributed by atoms with E-state index >= 15 is 0 Å². The van der Waals surface area contributed by atoms with Crippen molar-refractivity contribution in [1.29, 1.82) is 0 Å². The molecular formula is C15H23N3O4. The molecule has 2 rings (SSSR count). The van der Waals surface area contributed by atoms with Crippen LogP contribution >= 0.6 is 0 Å². The molecule has 1 heterocycles. The molecule has 7 heteroatoms. The maximum absolute atomic E-state index is 12.1. The number of hydrogen-bond donors (Lipinski definition) is 3. The van der Waals surface area contributed by atoms with E-state index < -0.39 is 17.9 Å². The number of rotatable bonds is 7. The lowest BCUT2D eigenvalue weighted by molar-refractivity contribution is -0.140. The van der Waals surface area contributed by atoms with E-state index in [1.54, 1.807) is 6.07 Å². The zero-order valence-corrected chi connectivity index (χ0v) is 13.2. The summed E-state index contributed by atoms with van der Waals surface area (Å²) in [6, 6.07) is 0.702. The van der Waals surface area contributed by atoms with Crippen LogP contribution in [0.15, 0.2) is 6.07 Å². The molecule has 22 heavy (non-hydrogen) atoms. The third-order valence-electron chi connectivity index (χ3n) is 3.39. The van der Waals surface area contributed by atoms with Gasteiger partial charge in [-0.25, -0.2) is 4.79 Å². The third-order valence-corrected chi connectivity index (χ3v) is 3.39. The Hall–Kier alpha value is -1.89. The van der Waals surface area contributed by atoms with Crippen molar-refractivity contribution in [2.45, 2.75) is 57.6 Å². The van der Waals surface area contributed by atoms with Gasteiger partial charge >= 0.3 is 5.97 Å². The molecule has 7 nitrogen and oxygen atoms in total. The highest BCUT2D eigenvalue weighted by atomic mass is 16.5. The van der Waals surface area contributed by atoms with Crippen molar-refractivity contribution in [3.63, 3.8) is 0 Å². The first-order valence-corrected chi connectivity index (χ1v) is 7.49. The second-order valence-electron chi connectivity index (χ2n) is 6.60. The maximum atomic E-state index is 12.1. The Morgan fingerprint density at radius 2 is 2.18 bits per heavy atom. The molecule has 1 atom stereocenters. The van der Waals surface area contributed by atoms with Crippen LogP contribution in [0, 0.1) is 0 Å². The largest absolute Gasteiger partial charge is 0.480 e. The first kappa shape index (κ1) is 16.5. The monoisotopic (exact) mass is 309 g/mol. The number of H-pyrrole nitrogens is 1. The van der Waals surface area contributed by atoms with Crippen molar-refractivity contribution in [3.8, 4) is 0 Å². The highest BCUT2D eigenvalue weighted by Crippen LogP contribution is 2.38. The molecule has 0 aromatic carbocycles. The van der Waals surface area contributed by atoms with Crippen molar-refractivity contribution in [1.82, 2.24) is 15.5 Å². The number of amides is 1. The van der Waals surface area contributed by atoms with Gasteiger partial charge in [0, 0.05) is 24.6 Å². The summed E-state index contributed by atoms with van der Waals surface area (Å²) >= 11 is 0. The van der Waals surface area contributed by atoms with E-state index in [0.29, 0.717) is 5.92 Å². The number of carbonyl (C=O) groups excluding carboxylic acids is 1. The Morgan fingerprint density at radius 1 is 1.50 bits per heavy atom. The maximum Gasteiger partial charge on any atom is 0.326 e. The van der Waals surface area contributed by atoms with Crippen LogP contribution in [-0.2, 0) is 9.53 Å². The highest BCUT2D eigenvalue weighted by molar-refractivity contribution is 5.95. The summed E-state index contributed by atoms with van der Waals surface area (Å²) in [5.74, 6) is -1.10. The predicted molar refractivity (Wildman–Crippen MR) is 79.8 cm³/mol. The van der Waals surface area contributed by atoms with Crippen molar-refractivity contribution < 1.29 is 19.4 Å². The number of carboxylic acids is 1. The van der Waals surface area contributed by atoms with E-state index in [0.717, 1.165) is 18.5 Å². The molecule has 1 amide bonds. The molecule has 1 aliphatic carbocycles. The second-order valence-corrected chi connectivity index (χ2v) is 6.60. The minimum Gasteiger partial charge on any atom is -0.480 e. The summed E-state index contributed by atoms with van der Waals surface area (Å²) < 4.78 is 5.50. The Morgan fingerprint density at radius 3 is 2.73 bits per heavy atom. The molecule has 3 N–H and O–H groups in total. The molecular weight excluding hydrogens is 286 g/mol. The fourth-order valence-corrected chi connectivity index (χ4v) is 2.03. The van der Waals surface area contributed by atoms with E-state index in [1.165, 1.54) is 0 Å². The Bertz CT molecular complexity index is 543. The van der Waals surface area contributed by atoms with Gasteiger partial charge < -0.3 is 15.2 Å². The van der Waals surface area contributed by atoms with Crippen LogP contribution < -0.4 is 5.32 Å². The molecule has 1 fully saturated rings. The van der Waals surface area contributed by atoms with Gasteiger partial charge in [-0.2, -0.15) is 5.10 Å². The number of ether oxygens (including phenoxy) is 1. The summed E-state index contributed by atoms with van der Waals surface area (Å²) in [6.07, 6.45) is 2.41. The lowest BCUT2D eigenvalue weighted by atomic mass is 10.1. The van der Waals surface area contributed by atoms with Crippen LogP contribution in [-0.4, -0.2) is 45.4 Å². The molecule has 1 aromatic heterocycles. The number of hydrogen-bond acceptors (Lipinski definition) is 4. The lowest BCUT2D eigenvalue weighted by Crippen LogP contribution is -2.42. The number of aliphatic carboxylic acids is 1. The predicted octanol–water partition coefficient (Wildman–Crippen LogP) is 1.68. The quantitative estimate of drug-likeness (QED) is 0.711. The van der Waals surface area contributed by atoms with Crippen LogP contribution in [0.3, 0.4) is 0 Å². The summed E-state index contributed by atoms with van der Waals surface area (Å²) in [5.41, 5.74) is 0.826. The fourth-order valence-electron chi connectivity index (χ4n) is 2.03. The summed E-state index contributed by atoms with van der Waals surface area (Å²) in [7, 11) is 0. The number of aromatic nitrogens is 2. The van der Waals surface area contributed by atoms with Crippen LogP contribution in [0.1, 0.15) is 62.1 Å². The number of aromatic amines is 1. The molecule has 0 saturated heterocycles. The van der Waals surface area contributed by atoms with Gasteiger partial charge in [0.1, 0.15) is 11.7 Å². The van der Waals surface area contributed by atoms with Gasteiger partial charge in [-0.05, 0) is 39.7 Å². The first-order chi connectivity index (χ1) is 10.3. The minimum atomic E-state index is -1.08. The van der Waals surface area contributed by atoms with Crippen molar-refractivity contribution in [2.75, 3.05) is 6.61 Å². The zero-order valence-electron chi connectivity index (χ0n) is 13.2. The Labute approximate surface area is 129 Å². The van der Waals surface area contributed by atoms with Crippen molar-refractivity contribution in [3.05, 3.63) is 17.5 Å². The summed E-state index contributed by atoms with van der Waals surface area (Å²) in [5, 5.41) is 18.5. The smallest absolute Gasteiger partial charge is 0.326 e. The van der Waals surface area contributed by atoms with Crippen LogP contribution in [0.2, 0.25) is 0 Å². The molecule has 1 aliphatic rings. The molecule has 0 radical (unpaired) electrons. The SMILES string of the molecule is CC(C)(C)OCCC(NC(=O)c1cc(C2CC2)[nH]n1)C(=O)O. The molecule has 0 aliphatic heterocycles. The molecule has 1 saturated carbocycles.